The van der Waals surface area contributed by atoms with Crippen LogP contribution in [0.3, 0.4) is 0 Å². The van der Waals surface area contributed by atoms with E-state index in [1.807, 2.05) is 0 Å². The molecule has 0 saturated carbocycles. The van der Waals surface area contributed by atoms with Gasteiger partial charge in [-0.15, -0.1) is 0 Å². The van der Waals surface area contributed by atoms with Gasteiger partial charge in [-0.25, -0.2) is 12.8 Å². The van der Waals surface area contributed by atoms with E-state index in [4.69, 9.17) is 5.26 Å². The lowest BCUT2D eigenvalue weighted by atomic mass is 10.2. The minimum Gasteiger partial charge on any atom is -0.276 e. The van der Waals surface area contributed by atoms with Crippen LogP contribution in [-0.4, -0.2) is 8.42 Å². The average Bonchev–Trinajstić information content (AvgIpc) is 2.43. The van der Waals surface area contributed by atoms with Gasteiger partial charge in [-0.2, -0.15) is 5.26 Å². The molecule has 0 aromatic heterocycles. The Hall–Kier alpha value is -2.39. The van der Waals surface area contributed by atoms with Crippen LogP contribution >= 0.6 is 0 Å². The monoisotopic (exact) mass is 290 g/mol. The third-order valence-corrected chi connectivity index (χ3v) is 4.16. The summed E-state index contributed by atoms with van der Waals surface area (Å²) in [5.74, 6) is -0.664. The zero-order chi connectivity index (χ0) is 14.8. The lowest BCUT2D eigenvalue weighted by Crippen LogP contribution is -2.16. The predicted octanol–water partition coefficient (Wildman–Crippen LogP) is 2.81. The zero-order valence-electron chi connectivity index (χ0n) is 10.6. The number of nitrogens with zero attached hydrogens (tertiary/aromatic N) is 1. The van der Waals surface area contributed by atoms with E-state index in [-0.39, 0.29) is 16.1 Å². The van der Waals surface area contributed by atoms with E-state index in [0.29, 0.717) is 5.56 Å². The molecular weight excluding hydrogens is 279 g/mol. The smallest absolute Gasteiger partial charge is 0.263 e. The van der Waals surface area contributed by atoms with Crippen molar-refractivity contribution in [1.82, 2.24) is 0 Å². The maximum absolute atomic E-state index is 13.7. The highest BCUT2D eigenvalue weighted by molar-refractivity contribution is 7.92. The van der Waals surface area contributed by atoms with E-state index in [0.717, 1.165) is 0 Å². The largest absolute Gasteiger partial charge is 0.276 e. The van der Waals surface area contributed by atoms with E-state index < -0.39 is 15.8 Å². The number of hydrogen-bond donors (Lipinski definition) is 1. The van der Waals surface area contributed by atoms with Gasteiger partial charge in [0.05, 0.1) is 11.3 Å². The van der Waals surface area contributed by atoms with Crippen molar-refractivity contribution in [2.24, 2.45) is 0 Å². The van der Waals surface area contributed by atoms with Gasteiger partial charge in [0.25, 0.3) is 10.0 Å². The third kappa shape index (κ3) is 2.63. The van der Waals surface area contributed by atoms with Crippen LogP contribution in [0.15, 0.2) is 47.4 Å². The van der Waals surface area contributed by atoms with Crippen molar-refractivity contribution >= 4 is 15.7 Å². The van der Waals surface area contributed by atoms with Crippen molar-refractivity contribution in [2.75, 3.05) is 4.72 Å². The van der Waals surface area contributed by atoms with Crippen molar-refractivity contribution in [2.45, 2.75) is 11.8 Å². The number of para-hydroxylation sites is 1. The highest BCUT2D eigenvalue weighted by atomic mass is 32.2. The van der Waals surface area contributed by atoms with E-state index in [1.54, 1.807) is 25.1 Å². The fourth-order valence-corrected chi connectivity index (χ4v) is 3.04. The summed E-state index contributed by atoms with van der Waals surface area (Å²) in [5, 5.41) is 8.94. The number of sulfonamides is 1. The zero-order valence-corrected chi connectivity index (χ0v) is 11.4. The summed E-state index contributed by atoms with van der Waals surface area (Å²) in [4.78, 5) is -0.176. The second-order valence-corrected chi connectivity index (χ2v) is 5.80. The molecule has 2 aromatic carbocycles. The molecule has 0 amide bonds. The summed E-state index contributed by atoms with van der Waals surface area (Å²) in [7, 11) is -4.01. The van der Waals surface area contributed by atoms with E-state index in [9.17, 15) is 12.8 Å². The maximum Gasteiger partial charge on any atom is 0.263 e. The van der Waals surface area contributed by atoms with Crippen LogP contribution in [0.2, 0.25) is 0 Å². The molecule has 0 radical (unpaired) electrons. The molecule has 4 nitrogen and oxygen atoms in total. The molecule has 0 fully saturated rings. The Labute approximate surface area is 116 Å². The minimum absolute atomic E-state index is 0.00833. The van der Waals surface area contributed by atoms with E-state index >= 15 is 0 Å². The Balaban J connectivity index is 2.50. The normalized spacial score (nSPS) is 10.8. The van der Waals surface area contributed by atoms with Gasteiger partial charge in [-0.3, -0.25) is 4.72 Å². The fraction of sp³-hybridized carbons (Fsp3) is 0.0714. The minimum atomic E-state index is -4.01. The van der Waals surface area contributed by atoms with E-state index in [2.05, 4.69) is 4.72 Å². The Morgan fingerprint density at radius 3 is 2.50 bits per heavy atom. The molecule has 0 atom stereocenters. The molecule has 1 N–H and O–H groups in total. The number of hydrogen-bond acceptors (Lipinski definition) is 3. The van der Waals surface area contributed by atoms with Gasteiger partial charge in [0, 0.05) is 0 Å². The molecule has 0 heterocycles. The first-order chi connectivity index (χ1) is 9.45. The highest BCUT2D eigenvalue weighted by Crippen LogP contribution is 2.24. The average molecular weight is 290 g/mol. The van der Waals surface area contributed by atoms with Gasteiger partial charge in [0.1, 0.15) is 16.8 Å². The molecule has 20 heavy (non-hydrogen) atoms. The van der Waals surface area contributed by atoms with Crippen LogP contribution in [0.25, 0.3) is 0 Å². The van der Waals surface area contributed by atoms with Gasteiger partial charge in [-0.05, 0) is 30.7 Å². The van der Waals surface area contributed by atoms with Crippen molar-refractivity contribution < 1.29 is 12.8 Å². The standard InChI is InChI=1S/C14H11FN2O2S/c1-10-5-4-7-12(15)14(10)17-20(18,19)13-8-3-2-6-11(13)9-16/h2-8,17H,1H3. The molecule has 0 spiro atoms. The maximum atomic E-state index is 13.7. The summed E-state index contributed by atoms with van der Waals surface area (Å²) >= 11 is 0. The van der Waals surface area contributed by atoms with Crippen LogP contribution < -0.4 is 4.72 Å². The van der Waals surface area contributed by atoms with Crippen LogP contribution in [0, 0.1) is 24.1 Å². The molecule has 102 valence electrons. The van der Waals surface area contributed by atoms with Crippen LogP contribution in [0.1, 0.15) is 11.1 Å². The molecule has 6 heteroatoms. The topological polar surface area (TPSA) is 70.0 Å². The Morgan fingerprint density at radius 1 is 1.15 bits per heavy atom. The van der Waals surface area contributed by atoms with Crippen molar-refractivity contribution in [3.05, 3.63) is 59.4 Å². The first-order valence-electron chi connectivity index (χ1n) is 5.73. The summed E-state index contributed by atoms with van der Waals surface area (Å²) in [6.45, 7) is 1.59. The summed E-state index contributed by atoms with van der Waals surface area (Å²) in [5.41, 5.74) is 0.359. The third-order valence-electron chi connectivity index (χ3n) is 2.76. The van der Waals surface area contributed by atoms with Gasteiger partial charge in [0.2, 0.25) is 0 Å². The lowest BCUT2D eigenvalue weighted by Gasteiger charge is -2.12. The first-order valence-corrected chi connectivity index (χ1v) is 7.21. The van der Waals surface area contributed by atoms with Crippen LogP contribution in [0.5, 0.6) is 0 Å². The highest BCUT2D eigenvalue weighted by Gasteiger charge is 2.20. The summed E-state index contributed by atoms with van der Waals surface area (Å²) in [6, 6.07) is 11.8. The number of nitrogens with one attached hydrogen (secondary N) is 1. The molecule has 0 aliphatic carbocycles. The van der Waals surface area contributed by atoms with Crippen LogP contribution in [0.4, 0.5) is 10.1 Å². The molecule has 0 aliphatic heterocycles. The molecular formula is C14H11FN2O2S. The SMILES string of the molecule is Cc1cccc(F)c1NS(=O)(=O)c1ccccc1C#N. The summed E-state index contributed by atoms with van der Waals surface area (Å²) in [6.07, 6.45) is 0. The number of benzene rings is 2. The first kappa shape index (κ1) is 14.0. The number of rotatable bonds is 3. The van der Waals surface area contributed by atoms with Crippen molar-refractivity contribution in [1.29, 1.82) is 5.26 Å². The quantitative estimate of drug-likeness (QED) is 0.945. The van der Waals surface area contributed by atoms with Crippen molar-refractivity contribution in [3.63, 3.8) is 0 Å². The molecule has 0 unspecified atom stereocenters. The summed E-state index contributed by atoms with van der Waals surface area (Å²) < 4.78 is 40.4. The Morgan fingerprint density at radius 2 is 1.85 bits per heavy atom. The second-order valence-electron chi connectivity index (χ2n) is 4.15. The molecule has 0 saturated heterocycles. The van der Waals surface area contributed by atoms with Gasteiger partial charge in [0.15, 0.2) is 0 Å². The lowest BCUT2D eigenvalue weighted by molar-refractivity contribution is 0.598. The molecule has 0 aliphatic rings. The Bertz CT molecular complexity index is 775. The van der Waals surface area contributed by atoms with Gasteiger partial charge < -0.3 is 0 Å². The number of halogens is 1. The van der Waals surface area contributed by atoms with E-state index in [1.165, 1.54) is 30.3 Å². The molecule has 2 rings (SSSR count). The van der Waals surface area contributed by atoms with Gasteiger partial charge >= 0.3 is 0 Å². The molecule has 2 aromatic rings. The van der Waals surface area contributed by atoms with Crippen LogP contribution in [-0.2, 0) is 10.0 Å². The molecule has 0 bridgehead atoms. The predicted molar refractivity (Wildman–Crippen MR) is 73.1 cm³/mol. The fourth-order valence-electron chi connectivity index (χ4n) is 1.74. The number of anilines is 1. The Kier molecular flexibility index (Phi) is 3.72. The van der Waals surface area contributed by atoms with Gasteiger partial charge in [-0.1, -0.05) is 24.3 Å². The van der Waals surface area contributed by atoms with Crippen molar-refractivity contribution in [3.8, 4) is 6.07 Å². The number of nitriles is 1. The second kappa shape index (κ2) is 5.31. The number of aryl methyl sites for hydroxylation is 1.